The van der Waals surface area contributed by atoms with E-state index in [9.17, 15) is 22.8 Å². The Hall–Kier alpha value is -4.49. The maximum absolute atomic E-state index is 13.0. The van der Waals surface area contributed by atoms with Crippen LogP contribution in [0.1, 0.15) is 23.0 Å². The Bertz CT molecular complexity index is 1370. The van der Waals surface area contributed by atoms with Gasteiger partial charge in [-0.1, -0.05) is 6.07 Å². The maximum Gasteiger partial charge on any atom is 0.416 e. The van der Waals surface area contributed by atoms with Crippen molar-refractivity contribution in [2.75, 3.05) is 12.4 Å². The molecule has 0 radical (unpaired) electrons. The Labute approximate surface area is 188 Å². The van der Waals surface area contributed by atoms with E-state index in [4.69, 9.17) is 9.47 Å². The molecule has 34 heavy (non-hydrogen) atoms. The number of rotatable bonds is 6. The molecular formula is C20H16F3N7O4. The summed E-state index contributed by atoms with van der Waals surface area (Å²) in [6.45, 7) is 1.33. The second-order valence-electron chi connectivity index (χ2n) is 6.90. The fraction of sp³-hybridized carbons (Fsp3) is 0.200. The Kier molecular flexibility index (Phi) is 5.88. The number of alkyl halides is 3. The van der Waals surface area contributed by atoms with Crippen LogP contribution in [0.25, 0.3) is 16.9 Å². The minimum Gasteiger partial charge on any atom is -0.493 e. The highest BCUT2D eigenvalue weighted by Crippen LogP contribution is 2.31. The molecule has 1 amide bonds. The van der Waals surface area contributed by atoms with Crippen LogP contribution in [0, 0.1) is 0 Å². The molecule has 0 aliphatic carbocycles. The lowest BCUT2D eigenvalue weighted by molar-refractivity contribution is -0.137. The minimum absolute atomic E-state index is 0.0466. The summed E-state index contributed by atoms with van der Waals surface area (Å²) in [5, 5.41) is 6.49. The van der Waals surface area contributed by atoms with Crippen LogP contribution < -0.4 is 10.1 Å². The number of imidazole rings is 1. The average Bonchev–Trinajstić information content (AvgIpc) is 3.46. The largest absolute Gasteiger partial charge is 0.493 e. The molecule has 3 aromatic heterocycles. The summed E-state index contributed by atoms with van der Waals surface area (Å²) in [5.74, 6) is -1.62. The molecule has 0 saturated carbocycles. The number of amides is 1. The Balaban J connectivity index is 1.51. The number of hydrogen-bond donors (Lipinski definition) is 2. The summed E-state index contributed by atoms with van der Waals surface area (Å²) in [7, 11) is 1.26. The highest BCUT2D eigenvalue weighted by atomic mass is 19.4. The number of H-pyrrole nitrogens is 1. The van der Waals surface area contributed by atoms with Crippen molar-refractivity contribution in [1.29, 1.82) is 0 Å². The average molecular weight is 475 g/mol. The molecule has 176 valence electrons. The van der Waals surface area contributed by atoms with Crippen molar-refractivity contribution in [1.82, 2.24) is 29.7 Å². The first-order valence-electron chi connectivity index (χ1n) is 9.64. The lowest BCUT2D eigenvalue weighted by Gasteiger charge is -2.12. The highest BCUT2D eigenvalue weighted by molar-refractivity contribution is 6.00. The number of carbonyl (C=O) groups excluding carboxylic acids is 2. The number of hydrogen-bond acceptors (Lipinski definition) is 8. The number of benzene rings is 1. The molecule has 1 unspecified atom stereocenters. The first kappa shape index (κ1) is 22.7. The van der Waals surface area contributed by atoms with E-state index < -0.39 is 29.7 Å². The van der Waals surface area contributed by atoms with Crippen LogP contribution in [0.15, 0.2) is 43.1 Å². The van der Waals surface area contributed by atoms with Gasteiger partial charge in [0.25, 0.3) is 5.91 Å². The van der Waals surface area contributed by atoms with E-state index in [1.54, 1.807) is 0 Å². The van der Waals surface area contributed by atoms with Gasteiger partial charge in [0.05, 0.1) is 30.9 Å². The van der Waals surface area contributed by atoms with Crippen LogP contribution >= 0.6 is 0 Å². The zero-order chi connectivity index (χ0) is 24.5. The molecule has 0 spiro atoms. The number of nitrogens with one attached hydrogen (secondary N) is 2. The molecular weight excluding hydrogens is 459 g/mol. The predicted octanol–water partition coefficient (Wildman–Crippen LogP) is 2.75. The number of carbonyl (C=O) groups is 2. The van der Waals surface area contributed by atoms with Gasteiger partial charge >= 0.3 is 12.1 Å². The van der Waals surface area contributed by atoms with Gasteiger partial charge in [-0.05, 0) is 25.1 Å². The van der Waals surface area contributed by atoms with Gasteiger partial charge in [-0.25, -0.2) is 24.4 Å². The number of aromatic nitrogens is 6. The third kappa shape index (κ3) is 4.51. The molecule has 4 aromatic rings. The summed E-state index contributed by atoms with van der Waals surface area (Å²) in [4.78, 5) is 39.8. The molecule has 11 nitrogen and oxygen atoms in total. The molecule has 4 rings (SSSR count). The quantitative estimate of drug-likeness (QED) is 0.406. The number of esters is 1. The molecule has 1 aromatic carbocycles. The fourth-order valence-corrected chi connectivity index (χ4v) is 2.95. The summed E-state index contributed by atoms with van der Waals surface area (Å²) in [6, 6.07) is 4.37. The summed E-state index contributed by atoms with van der Waals surface area (Å²) in [6.07, 6.45) is -2.01. The lowest BCUT2D eigenvalue weighted by Crippen LogP contribution is -2.30. The molecule has 0 aliphatic heterocycles. The van der Waals surface area contributed by atoms with Crippen molar-refractivity contribution >= 4 is 28.9 Å². The molecule has 0 saturated heterocycles. The number of halogens is 3. The standard InChI is InChI=1S/C20H16F3N7O4/c1-10(18(31)28-17-15-16(25-8-24-15)26-9-27-17)34-19(32)14-13(33-2)7-30(29-14)12-5-3-4-11(6-12)20(21,22)23/h3-10H,1-2H3,(H2,24,25,26,27,28,31). The molecule has 0 bridgehead atoms. The Morgan fingerprint density at radius 2 is 2.00 bits per heavy atom. The third-order valence-corrected chi connectivity index (χ3v) is 4.65. The van der Waals surface area contributed by atoms with Crippen LogP contribution in [0.4, 0.5) is 19.0 Å². The molecule has 14 heteroatoms. The lowest BCUT2D eigenvalue weighted by atomic mass is 10.2. The zero-order valence-electron chi connectivity index (χ0n) is 17.6. The molecule has 0 fully saturated rings. The number of fused-ring (bicyclic) bond motifs is 1. The van der Waals surface area contributed by atoms with Gasteiger partial charge in [0.2, 0.25) is 5.69 Å². The van der Waals surface area contributed by atoms with E-state index in [-0.39, 0.29) is 22.9 Å². The van der Waals surface area contributed by atoms with Gasteiger partial charge in [0, 0.05) is 0 Å². The topological polar surface area (TPSA) is 137 Å². The summed E-state index contributed by atoms with van der Waals surface area (Å²) in [5.41, 5.74) is -0.441. The minimum atomic E-state index is -4.55. The van der Waals surface area contributed by atoms with Crippen molar-refractivity contribution in [2.24, 2.45) is 0 Å². The summed E-state index contributed by atoms with van der Waals surface area (Å²) < 4.78 is 50.4. The smallest absolute Gasteiger partial charge is 0.416 e. The van der Waals surface area contributed by atoms with Crippen molar-refractivity contribution in [2.45, 2.75) is 19.2 Å². The van der Waals surface area contributed by atoms with Gasteiger partial charge in [-0.2, -0.15) is 18.3 Å². The maximum atomic E-state index is 13.0. The summed E-state index contributed by atoms with van der Waals surface area (Å²) >= 11 is 0. The van der Waals surface area contributed by atoms with Gasteiger partial charge in [0.15, 0.2) is 23.3 Å². The van der Waals surface area contributed by atoms with Crippen LogP contribution in [-0.2, 0) is 15.7 Å². The molecule has 0 aliphatic rings. The van der Waals surface area contributed by atoms with Crippen molar-refractivity contribution < 1.29 is 32.2 Å². The number of ether oxygens (including phenoxy) is 2. The number of methoxy groups -OCH3 is 1. The van der Waals surface area contributed by atoms with Crippen LogP contribution in [0.2, 0.25) is 0 Å². The number of anilines is 1. The van der Waals surface area contributed by atoms with Gasteiger partial charge in [0.1, 0.15) is 11.8 Å². The highest BCUT2D eigenvalue weighted by Gasteiger charge is 2.31. The van der Waals surface area contributed by atoms with Gasteiger partial charge in [-0.3, -0.25) is 4.79 Å². The second-order valence-corrected chi connectivity index (χ2v) is 6.90. The molecule has 2 N–H and O–H groups in total. The van der Waals surface area contributed by atoms with E-state index in [0.717, 1.165) is 16.8 Å². The van der Waals surface area contributed by atoms with E-state index in [2.05, 4.69) is 30.4 Å². The van der Waals surface area contributed by atoms with Gasteiger partial charge < -0.3 is 19.8 Å². The normalized spacial score (nSPS) is 12.4. The van der Waals surface area contributed by atoms with Crippen molar-refractivity contribution in [3.63, 3.8) is 0 Å². The third-order valence-electron chi connectivity index (χ3n) is 4.65. The van der Waals surface area contributed by atoms with Crippen molar-refractivity contribution in [3.8, 4) is 11.4 Å². The Morgan fingerprint density at radius 3 is 2.74 bits per heavy atom. The van der Waals surface area contributed by atoms with E-state index in [1.165, 1.54) is 45.0 Å². The number of nitrogens with zero attached hydrogens (tertiary/aromatic N) is 5. The molecule has 3 heterocycles. The zero-order valence-corrected chi connectivity index (χ0v) is 17.6. The predicted molar refractivity (Wildman–Crippen MR) is 110 cm³/mol. The van der Waals surface area contributed by atoms with Gasteiger partial charge in [-0.15, -0.1) is 0 Å². The van der Waals surface area contributed by atoms with E-state index >= 15 is 0 Å². The van der Waals surface area contributed by atoms with Crippen molar-refractivity contribution in [3.05, 3.63) is 54.4 Å². The Morgan fingerprint density at radius 1 is 1.21 bits per heavy atom. The first-order valence-corrected chi connectivity index (χ1v) is 9.64. The van der Waals surface area contributed by atoms with Crippen LogP contribution in [-0.4, -0.2) is 54.8 Å². The van der Waals surface area contributed by atoms with Crippen LogP contribution in [0.5, 0.6) is 5.75 Å². The fourth-order valence-electron chi connectivity index (χ4n) is 2.95. The first-order chi connectivity index (χ1) is 16.2. The van der Waals surface area contributed by atoms with Crippen LogP contribution in [0.3, 0.4) is 0 Å². The number of aromatic amines is 1. The SMILES string of the molecule is COc1cn(-c2cccc(C(F)(F)F)c2)nc1C(=O)OC(C)C(=O)Nc1ncnc2nc[nH]c12. The monoisotopic (exact) mass is 475 g/mol. The van der Waals surface area contributed by atoms with E-state index in [0.29, 0.717) is 11.2 Å². The van der Waals surface area contributed by atoms with E-state index in [1.807, 2.05) is 0 Å². The molecule has 1 atom stereocenters. The second kappa shape index (κ2) is 8.80.